The molecule has 6 heteroatoms. The topological polar surface area (TPSA) is 41.8 Å². The van der Waals surface area contributed by atoms with Crippen molar-refractivity contribution in [2.45, 2.75) is 4.90 Å². The van der Waals surface area contributed by atoms with Gasteiger partial charge in [0.2, 0.25) is 0 Å². The van der Waals surface area contributed by atoms with Crippen molar-refractivity contribution in [3.8, 4) is 5.75 Å². The normalized spacial score (nSPS) is 11.5. The van der Waals surface area contributed by atoms with E-state index in [4.69, 9.17) is 9.94 Å². The Bertz CT molecular complexity index is 645. The van der Waals surface area contributed by atoms with E-state index in [0.717, 1.165) is 22.8 Å². The smallest absolute Gasteiger partial charge is 0.135 e. The number of halogens is 2. The second-order valence-corrected chi connectivity index (χ2v) is 5.18. The van der Waals surface area contributed by atoms with E-state index >= 15 is 0 Å². The van der Waals surface area contributed by atoms with Gasteiger partial charge in [-0.25, -0.2) is 8.78 Å². The summed E-state index contributed by atoms with van der Waals surface area (Å²) in [4.78, 5) is 0.916. The summed E-state index contributed by atoms with van der Waals surface area (Å²) in [5.74, 6) is -0.430. The molecule has 0 spiro atoms. The lowest BCUT2D eigenvalue weighted by Gasteiger charge is -2.07. The first-order valence-corrected chi connectivity index (χ1v) is 7.06. The number of hydrogen-bond acceptors (Lipinski definition) is 4. The van der Waals surface area contributed by atoms with Gasteiger partial charge in [-0.05, 0) is 36.4 Å². The fourth-order valence-electron chi connectivity index (χ4n) is 1.71. The third kappa shape index (κ3) is 3.95. The van der Waals surface area contributed by atoms with E-state index in [0.29, 0.717) is 0 Å². The molecule has 0 saturated heterocycles. The molecule has 0 amide bonds. The van der Waals surface area contributed by atoms with Gasteiger partial charge in [0, 0.05) is 22.3 Å². The molecule has 2 aromatic carbocycles. The van der Waals surface area contributed by atoms with Gasteiger partial charge in [0.1, 0.15) is 17.4 Å². The van der Waals surface area contributed by atoms with E-state index in [9.17, 15) is 8.78 Å². The lowest BCUT2D eigenvalue weighted by molar-refractivity contribution is 0.319. The summed E-state index contributed by atoms with van der Waals surface area (Å²) >= 11 is 1.37. The summed E-state index contributed by atoms with van der Waals surface area (Å²) in [6.45, 7) is 0. The highest BCUT2D eigenvalue weighted by molar-refractivity contribution is 8.00. The standard InChI is InChI=1S/C15H13F2NO2S/c1-20-11-3-5-12(6-4-11)21-9-15(18-19)13-7-2-10(16)8-14(13)17/h2-8,19H,9H2,1H3. The van der Waals surface area contributed by atoms with Crippen LogP contribution in [0.5, 0.6) is 5.75 Å². The predicted octanol–water partition coefficient (Wildman–Crippen LogP) is 3.94. The molecule has 0 bridgehead atoms. The van der Waals surface area contributed by atoms with Gasteiger partial charge in [0.05, 0.1) is 12.8 Å². The van der Waals surface area contributed by atoms with Crippen LogP contribution in [-0.4, -0.2) is 23.8 Å². The van der Waals surface area contributed by atoms with E-state index in [2.05, 4.69) is 5.16 Å². The van der Waals surface area contributed by atoms with Gasteiger partial charge in [0.15, 0.2) is 0 Å². The Labute approximate surface area is 125 Å². The van der Waals surface area contributed by atoms with Gasteiger partial charge < -0.3 is 9.94 Å². The van der Waals surface area contributed by atoms with Crippen LogP contribution in [0.15, 0.2) is 52.5 Å². The fourth-order valence-corrected chi connectivity index (χ4v) is 2.55. The first-order chi connectivity index (χ1) is 10.1. The number of benzene rings is 2. The van der Waals surface area contributed by atoms with Crippen molar-refractivity contribution >= 4 is 17.5 Å². The van der Waals surface area contributed by atoms with E-state index in [-0.39, 0.29) is 17.0 Å². The first-order valence-electron chi connectivity index (χ1n) is 6.07. The molecule has 0 unspecified atom stereocenters. The van der Waals surface area contributed by atoms with Gasteiger partial charge in [-0.1, -0.05) is 5.16 Å². The highest BCUT2D eigenvalue weighted by Crippen LogP contribution is 2.23. The molecule has 0 aliphatic heterocycles. The van der Waals surface area contributed by atoms with Crippen LogP contribution in [0.3, 0.4) is 0 Å². The Balaban J connectivity index is 2.09. The molecule has 0 fully saturated rings. The van der Waals surface area contributed by atoms with Crippen LogP contribution in [0.25, 0.3) is 0 Å². The molecule has 21 heavy (non-hydrogen) atoms. The number of nitrogens with zero attached hydrogens (tertiary/aromatic N) is 1. The molecule has 0 aliphatic rings. The molecule has 0 heterocycles. The SMILES string of the molecule is COc1ccc(SCC(=NO)c2ccc(F)cc2F)cc1. The van der Waals surface area contributed by atoms with Gasteiger partial charge in [-0.15, -0.1) is 11.8 Å². The monoisotopic (exact) mass is 309 g/mol. The van der Waals surface area contributed by atoms with Crippen LogP contribution in [0.2, 0.25) is 0 Å². The van der Waals surface area contributed by atoms with Crippen molar-refractivity contribution in [1.82, 2.24) is 0 Å². The van der Waals surface area contributed by atoms with Crippen molar-refractivity contribution in [2.75, 3.05) is 12.9 Å². The maximum absolute atomic E-state index is 13.7. The predicted molar refractivity (Wildman–Crippen MR) is 78.4 cm³/mol. The second kappa shape index (κ2) is 7.08. The maximum Gasteiger partial charge on any atom is 0.135 e. The molecule has 0 aliphatic carbocycles. The number of rotatable bonds is 5. The molecule has 110 valence electrons. The highest BCUT2D eigenvalue weighted by atomic mass is 32.2. The zero-order valence-corrected chi connectivity index (χ0v) is 12.0. The second-order valence-electron chi connectivity index (χ2n) is 4.14. The zero-order chi connectivity index (χ0) is 15.2. The summed E-state index contributed by atoms with van der Waals surface area (Å²) in [5, 5.41) is 12.1. The minimum absolute atomic E-state index is 0.0833. The van der Waals surface area contributed by atoms with Crippen molar-refractivity contribution in [1.29, 1.82) is 0 Å². The Kier molecular flexibility index (Phi) is 5.16. The minimum atomic E-state index is -0.752. The van der Waals surface area contributed by atoms with Gasteiger partial charge in [-0.2, -0.15) is 0 Å². The van der Waals surface area contributed by atoms with Crippen LogP contribution in [0.4, 0.5) is 8.78 Å². The van der Waals surface area contributed by atoms with E-state index < -0.39 is 11.6 Å². The summed E-state index contributed by atoms with van der Waals surface area (Å²) in [7, 11) is 1.58. The lowest BCUT2D eigenvalue weighted by atomic mass is 10.1. The minimum Gasteiger partial charge on any atom is -0.497 e. The summed E-state index contributed by atoms with van der Waals surface area (Å²) in [6, 6.07) is 10.4. The molecule has 1 N–H and O–H groups in total. The van der Waals surface area contributed by atoms with Crippen molar-refractivity contribution in [3.63, 3.8) is 0 Å². The van der Waals surface area contributed by atoms with Crippen LogP contribution >= 0.6 is 11.8 Å². The molecular weight excluding hydrogens is 296 g/mol. The van der Waals surface area contributed by atoms with Crippen LogP contribution < -0.4 is 4.74 Å². The van der Waals surface area contributed by atoms with Crippen molar-refractivity contribution in [2.24, 2.45) is 5.16 Å². The average Bonchev–Trinajstić information content (AvgIpc) is 2.50. The van der Waals surface area contributed by atoms with Crippen molar-refractivity contribution in [3.05, 3.63) is 59.7 Å². The molecule has 0 radical (unpaired) electrons. The van der Waals surface area contributed by atoms with E-state index in [1.807, 2.05) is 12.1 Å². The van der Waals surface area contributed by atoms with Gasteiger partial charge in [0.25, 0.3) is 0 Å². The zero-order valence-electron chi connectivity index (χ0n) is 11.2. The number of ether oxygens (including phenoxy) is 1. The van der Waals surface area contributed by atoms with Crippen molar-refractivity contribution < 1.29 is 18.7 Å². The fraction of sp³-hybridized carbons (Fsp3) is 0.133. The number of oxime groups is 1. The third-order valence-corrected chi connectivity index (χ3v) is 3.82. The summed E-state index contributed by atoms with van der Waals surface area (Å²) in [5.41, 5.74) is 0.230. The molecule has 3 nitrogen and oxygen atoms in total. The van der Waals surface area contributed by atoms with E-state index in [1.54, 1.807) is 19.2 Å². The molecule has 2 aromatic rings. The van der Waals surface area contributed by atoms with Crippen LogP contribution in [0, 0.1) is 11.6 Å². The first kappa shape index (κ1) is 15.3. The summed E-state index contributed by atoms with van der Waals surface area (Å²) < 4.78 is 31.6. The lowest BCUT2D eigenvalue weighted by Crippen LogP contribution is -2.07. The Morgan fingerprint density at radius 2 is 1.90 bits per heavy atom. The van der Waals surface area contributed by atoms with E-state index in [1.165, 1.54) is 17.8 Å². The molecular formula is C15H13F2NO2S. The largest absolute Gasteiger partial charge is 0.497 e. The summed E-state index contributed by atoms with van der Waals surface area (Å²) in [6.07, 6.45) is 0. The Morgan fingerprint density at radius 3 is 2.48 bits per heavy atom. The Morgan fingerprint density at radius 1 is 1.19 bits per heavy atom. The van der Waals surface area contributed by atoms with Crippen LogP contribution in [-0.2, 0) is 0 Å². The Hall–Kier alpha value is -2.08. The molecule has 0 aromatic heterocycles. The maximum atomic E-state index is 13.7. The van der Waals surface area contributed by atoms with Gasteiger partial charge >= 0.3 is 0 Å². The van der Waals surface area contributed by atoms with Crippen LogP contribution in [0.1, 0.15) is 5.56 Å². The highest BCUT2D eigenvalue weighted by Gasteiger charge is 2.12. The number of thioether (sulfide) groups is 1. The number of hydrogen-bond donors (Lipinski definition) is 1. The molecule has 0 atom stereocenters. The molecule has 0 saturated carbocycles. The third-order valence-electron chi connectivity index (χ3n) is 2.80. The average molecular weight is 309 g/mol. The molecule has 2 rings (SSSR count). The quantitative estimate of drug-likeness (QED) is 0.394. The van der Waals surface area contributed by atoms with Gasteiger partial charge in [-0.3, -0.25) is 0 Å². The number of methoxy groups -OCH3 is 1.